The maximum absolute atomic E-state index is 13.3. The third-order valence-corrected chi connectivity index (χ3v) is 5.21. The first-order valence-electron chi connectivity index (χ1n) is 9.30. The largest absolute Gasteiger partial charge is 0.340 e. The predicted molar refractivity (Wildman–Crippen MR) is 107 cm³/mol. The summed E-state index contributed by atoms with van der Waals surface area (Å²) in [7, 11) is 0. The Bertz CT molecular complexity index is 1020. The minimum atomic E-state index is 0.0221. The van der Waals surface area contributed by atoms with E-state index in [1.807, 2.05) is 65.6 Å². The first-order chi connectivity index (χ1) is 13.1. The predicted octanol–water partition coefficient (Wildman–Crippen LogP) is 2.65. The maximum Gasteiger partial charge on any atom is 0.260 e. The number of hydrogen-bond donors (Lipinski definition) is 0. The van der Waals surface area contributed by atoms with Crippen LogP contribution in [0.5, 0.6) is 0 Å². The molecule has 0 radical (unpaired) electrons. The zero-order valence-corrected chi connectivity index (χ0v) is 15.5. The van der Waals surface area contributed by atoms with Gasteiger partial charge in [-0.3, -0.25) is 19.1 Å². The second-order valence-electron chi connectivity index (χ2n) is 6.99. The zero-order chi connectivity index (χ0) is 18.8. The van der Waals surface area contributed by atoms with Gasteiger partial charge in [0.25, 0.3) is 5.56 Å². The van der Waals surface area contributed by atoms with Gasteiger partial charge in [-0.25, -0.2) is 0 Å². The van der Waals surface area contributed by atoms with Gasteiger partial charge in [-0.05, 0) is 29.7 Å². The summed E-state index contributed by atoms with van der Waals surface area (Å²) in [6, 6.07) is 19.8. The monoisotopic (exact) mass is 361 g/mol. The summed E-state index contributed by atoms with van der Waals surface area (Å²) >= 11 is 0. The number of carbonyl (C=O) groups excluding carboxylic acids is 1. The highest BCUT2D eigenvalue weighted by atomic mass is 16.2. The molecular formula is C22H23N3O2. The van der Waals surface area contributed by atoms with E-state index in [0.717, 1.165) is 48.3 Å². The molecule has 138 valence electrons. The van der Waals surface area contributed by atoms with Crippen LogP contribution in [0.15, 0.2) is 65.5 Å². The number of benzene rings is 2. The third-order valence-electron chi connectivity index (χ3n) is 5.21. The number of fused-ring (bicyclic) bond motifs is 1. The van der Waals surface area contributed by atoms with Gasteiger partial charge in [-0.2, -0.15) is 0 Å². The highest BCUT2D eigenvalue weighted by Crippen LogP contribution is 2.18. The maximum atomic E-state index is 13.3. The lowest BCUT2D eigenvalue weighted by atomic mass is 10.1. The first kappa shape index (κ1) is 17.5. The lowest BCUT2D eigenvalue weighted by Crippen LogP contribution is -2.48. The van der Waals surface area contributed by atoms with Crippen LogP contribution in [0.3, 0.4) is 0 Å². The van der Waals surface area contributed by atoms with E-state index in [9.17, 15) is 9.59 Å². The van der Waals surface area contributed by atoms with Gasteiger partial charge in [0, 0.05) is 50.9 Å². The molecule has 0 bridgehead atoms. The Labute approximate surface area is 158 Å². The fourth-order valence-electron chi connectivity index (χ4n) is 3.72. The van der Waals surface area contributed by atoms with Crippen molar-refractivity contribution in [1.29, 1.82) is 0 Å². The summed E-state index contributed by atoms with van der Waals surface area (Å²) < 4.78 is 1.80. The second kappa shape index (κ2) is 7.37. The number of nitrogens with zero attached hydrogens (tertiary/aromatic N) is 3. The number of rotatable bonds is 3. The fourth-order valence-corrected chi connectivity index (χ4v) is 3.72. The molecule has 1 aliphatic heterocycles. The molecular weight excluding hydrogens is 338 g/mol. The van der Waals surface area contributed by atoms with Gasteiger partial charge in [0.2, 0.25) is 5.91 Å². The van der Waals surface area contributed by atoms with Crippen LogP contribution in [0, 0.1) is 0 Å². The van der Waals surface area contributed by atoms with Crippen molar-refractivity contribution in [3.05, 3.63) is 76.6 Å². The Morgan fingerprint density at radius 3 is 2.30 bits per heavy atom. The molecule has 4 rings (SSSR count). The average molecular weight is 361 g/mol. The minimum absolute atomic E-state index is 0.0221. The van der Waals surface area contributed by atoms with Gasteiger partial charge in [0.05, 0.1) is 5.52 Å². The molecule has 0 unspecified atom stereocenters. The van der Waals surface area contributed by atoms with Crippen molar-refractivity contribution in [2.24, 2.45) is 0 Å². The van der Waals surface area contributed by atoms with Gasteiger partial charge in [-0.1, -0.05) is 36.4 Å². The molecule has 2 heterocycles. The van der Waals surface area contributed by atoms with E-state index < -0.39 is 0 Å². The molecule has 27 heavy (non-hydrogen) atoms. The molecule has 0 aliphatic carbocycles. The summed E-state index contributed by atoms with van der Waals surface area (Å²) in [5.41, 5.74) is 2.60. The minimum Gasteiger partial charge on any atom is -0.340 e. The highest BCUT2D eigenvalue weighted by molar-refractivity contribution is 5.81. The number of carbonyl (C=O) groups is 1. The van der Waals surface area contributed by atoms with Crippen molar-refractivity contribution in [3.8, 4) is 5.69 Å². The number of piperazine rings is 1. The topological polar surface area (TPSA) is 45.6 Å². The molecule has 0 atom stereocenters. The second-order valence-corrected chi connectivity index (χ2v) is 6.99. The lowest BCUT2D eigenvalue weighted by molar-refractivity contribution is -0.130. The highest BCUT2D eigenvalue weighted by Gasteiger charge is 2.20. The average Bonchev–Trinajstić information content (AvgIpc) is 2.70. The fraction of sp³-hybridized carbons (Fsp3) is 0.273. The van der Waals surface area contributed by atoms with E-state index >= 15 is 0 Å². The van der Waals surface area contributed by atoms with Crippen molar-refractivity contribution in [3.63, 3.8) is 0 Å². The zero-order valence-electron chi connectivity index (χ0n) is 15.5. The Balaban J connectivity index is 1.71. The smallest absolute Gasteiger partial charge is 0.260 e. The van der Waals surface area contributed by atoms with Crippen molar-refractivity contribution < 1.29 is 4.79 Å². The molecule has 1 aromatic heterocycles. The van der Waals surface area contributed by atoms with Gasteiger partial charge in [0.1, 0.15) is 0 Å². The van der Waals surface area contributed by atoms with Gasteiger partial charge >= 0.3 is 0 Å². The summed E-state index contributed by atoms with van der Waals surface area (Å²) in [5, 5.41) is 1.05. The van der Waals surface area contributed by atoms with Crippen LogP contribution >= 0.6 is 0 Å². The van der Waals surface area contributed by atoms with Gasteiger partial charge < -0.3 is 4.90 Å². The van der Waals surface area contributed by atoms with Crippen molar-refractivity contribution in [2.45, 2.75) is 13.5 Å². The normalized spacial score (nSPS) is 15.2. The number of hydrogen-bond acceptors (Lipinski definition) is 3. The molecule has 1 amide bonds. The molecule has 5 heteroatoms. The number of aromatic nitrogens is 1. The number of para-hydroxylation sites is 2. The van der Waals surface area contributed by atoms with Crippen LogP contribution in [-0.4, -0.2) is 46.5 Å². The van der Waals surface area contributed by atoms with Crippen LogP contribution < -0.4 is 5.56 Å². The van der Waals surface area contributed by atoms with Crippen molar-refractivity contribution in [2.75, 3.05) is 26.2 Å². The van der Waals surface area contributed by atoms with E-state index in [4.69, 9.17) is 0 Å². The Morgan fingerprint density at radius 1 is 0.926 bits per heavy atom. The molecule has 2 aromatic carbocycles. The molecule has 0 saturated carbocycles. The number of pyridine rings is 1. The summed E-state index contributed by atoms with van der Waals surface area (Å²) in [5.74, 6) is 0.117. The molecule has 3 aromatic rings. The molecule has 1 aliphatic rings. The summed E-state index contributed by atoms with van der Waals surface area (Å²) in [4.78, 5) is 28.9. The van der Waals surface area contributed by atoms with Crippen molar-refractivity contribution >= 4 is 16.8 Å². The summed E-state index contributed by atoms with van der Waals surface area (Å²) in [6.07, 6.45) is 0. The number of amides is 1. The van der Waals surface area contributed by atoms with Crippen LogP contribution in [0.4, 0.5) is 0 Å². The lowest BCUT2D eigenvalue weighted by Gasteiger charge is -2.34. The SMILES string of the molecule is CC(=O)N1CCN(Cc2cc3ccccc3n(-c3ccccc3)c2=O)CC1. The Morgan fingerprint density at radius 2 is 1.59 bits per heavy atom. The van der Waals surface area contributed by atoms with Crippen LogP contribution in [-0.2, 0) is 11.3 Å². The Hall–Kier alpha value is -2.92. The molecule has 0 N–H and O–H groups in total. The molecule has 1 fully saturated rings. The van der Waals surface area contributed by atoms with Gasteiger partial charge in [-0.15, -0.1) is 0 Å². The quantitative estimate of drug-likeness (QED) is 0.720. The molecule has 1 saturated heterocycles. The van der Waals surface area contributed by atoms with E-state index in [1.54, 1.807) is 11.5 Å². The van der Waals surface area contributed by atoms with E-state index in [-0.39, 0.29) is 11.5 Å². The van der Waals surface area contributed by atoms with Crippen molar-refractivity contribution in [1.82, 2.24) is 14.4 Å². The Kier molecular flexibility index (Phi) is 4.77. The first-order valence-corrected chi connectivity index (χ1v) is 9.30. The van der Waals surface area contributed by atoms with E-state index in [1.165, 1.54) is 0 Å². The van der Waals surface area contributed by atoms with Gasteiger partial charge in [0.15, 0.2) is 0 Å². The molecule has 0 spiro atoms. The summed E-state index contributed by atoms with van der Waals surface area (Å²) in [6.45, 7) is 5.22. The third kappa shape index (κ3) is 3.51. The van der Waals surface area contributed by atoms with Crippen LogP contribution in [0.25, 0.3) is 16.6 Å². The molecule has 5 nitrogen and oxygen atoms in total. The van der Waals surface area contributed by atoms with E-state index in [0.29, 0.717) is 6.54 Å². The van der Waals surface area contributed by atoms with Crippen LogP contribution in [0.2, 0.25) is 0 Å². The van der Waals surface area contributed by atoms with Crippen LogP contribution in [0.1, 0.15) is 12.5 Å². The standard InChI is InChI=1S/C22H23N3O2/c1-17(26)24-13-11-23(12-14-24)16-19-15-18-7-5-6-10-21(18)25(22(19)27)20-8-3-2-4-9-20/h2-10,15H,11-14,16H2,1H3. The van der Waals surface area contributed by atoms with E-state index in [2.05, 4.69) is 4.90 Å².